The minimum atomic E-state index is -0.0983. The highest BCUT2D eigenvalue weighted by Crippen LogP contribution is 2.17. The van der Waals surface area contributed by atoms with Gasteiger partial charge in [0.1, 0.15) is 5.69 Å². The number of ether oxygens (including phenoxy) is 1. The van der Waals surface area contributed by atoms with Crippen LogP contribution in [0.15, 0.2) is 12.3 Å². The Kier molecular flexibility index (Phi) is 5.53. The number of hydrogen-bond donors (Lipinski definition) is 2. The molecule has 2 aliphatic heterocycles. The Morgan fingerprint density at radius 3 is 2.96 bits per heavy atom. The maximum Gasteiger partial charge on any atom is 0.271 e. The first kappa shape index (κ1) is 17.4. The number of hydrogen-bond acceptors (Lipinski definition) is 5. The van der Waals surface area contributed by atoms with E-state index in [9.17, 15) is 4.79 Å². The van der Waals surface area contributed by atoms with E-state index in [2.05, 4.69) is 34.5 Å². The fourth-order valence-electron chi connectivity index (χ4n) is 3.39. The van der Waals surface area contributed by atoms with Crippen molar-refractivity contribution in [2.75, 3.05) is 45.9 Å². The molecule has 0 radical (unpaired) electrons. The van der Waals surface area contributed by atoms with Gasteiger partial charge in [0.25, 0.3) is 5.91 Å². The van der Waals surface area contributed by atoms with E-state index in [-0.39, 0.29) is 11.4 Å². The van der Waals surface area contributed by atoms with Crippen molar-refractivity contribution in [3.63, 3.8) is 0 Å². The second-order valence-corrected chi connectivity index (χ2v) is 7.28. The molecule has 1 unspecified atom stereocenters. The molecule has 2 N–H and O–H groups in total. The van der Waals surface area contributed by atoms with Gasteiger partial charge in [-0.25, -0.2) is 0 Å². The van der Waals surface area contributed by atoms with Gasteiger partial charge < -0.3 is 15.4 Å². The number of nitrogens with one attached hydrogen (secondary N) is 2. The number of piperidine rings is 1. The summed E-state index contributed by atoms with van der Waals surface area (Å²) in [5, 5.41) is 10.9. The van der Waals surface area contributed by atoms with Crippen molar-refractivity contribution in [1.82, 2.24) is 25.3 Å². The number of amides is 1. The summed E-state index contributed by atoms with van der Waals surface area (Å²) in [5.74, 6) is -0.0983. The first-order valence-corrected chi connectivity index (χ1v) is 8.93. The van der Waals surface area contributed by atoms with Crippen LogP contribution in [0.1, 0.15) is 43.2 Å². The van der Waals surface area contributed by atoms with Gasteiger partial charge in [-0.3, -0.25) is 14.4 Å². The summed E-state index contributed by atoms with van der Waals surface area (Å²) in [7, 11) is 0. The van der Waals surface area contributed by atoms with Crippen LogP contribution in [0, 0.1) is 0 Å². The van der Waals surface area contributed by atoms with Crippen LogP contribution in [0.5, 0.6) is 0 Å². The highest BCUT2D eigenvalue weighted by Gasteiger charge is 2.29. The molecule has 2 aliphatic rings. The molecule has 3 rings (SSSR count). The minimum absolute atomic E-state index is 0.0880. The minimum Gasteiger partial charge on any atom is -0.379 e. The zero-order chi connectivity index (χ0) is 17.0. The second kappa shape index (κ2) is 7.63. The fraction of sp³-hybridized carbons (Fsp3) is 0.765. The van der Waals surface area contributed by atoms with E-state index in [1.165, 1.54) is 0 Å². The van der Waals surface area contributed by atoms with Crippen molar-refractivity contribution in [1.29, 1.82) is 0 Å². The Balaban J connectivity index is 1.53. The van der Waals surface area contributed by atoms with Gasteiger partial charge in [0, 0.05) is 37.9 Å². The molecule has 134 valence electrons. The van der Waals surface area contributed by atoms with Gasteiger partial charge in [-0.15, -0.1) is 0 Å². The summed E-state index contributed by atoms with van der Waals surface area (Å²) in [6.07, 6.45) is 4.18. The standard InChI is InChI=1S/C17H29N5O2/c1-17(2,21-8-10-24-11-9-21)13-19-16(23)15-5-7-22(20-15)14-4-3-6-18-12-14/h5,7,14,18H,3-4,6,8-13H2,1-2H3,(H,19,23). The van der Waals surface area contributed by atoms with Crippen LogP contribution in [-0.4, -0.2) is 72.1 Å². The van der Waals surface area contributed by atoms with Crippen molar-refractivity contribution in [2.45, 2.75) is 38.3 Å². The molecule has 2 fully saturated rings. The van der Waals surface area contributed by atoms with Gasteiger partial charge in [0.2, 0.25) is 0 Å². The van der Waals surface area contributed by atoms with Crippen LogP contribution in [0.2, 0.25) is 0 Å². The third-order valence-corrected chi connectivity index (χ3v) is 5.03. The van der Waals surface area contributed by atoms with Crippen molar-refractivity contribution < 1.29 is 9.53 Å². The Bertz CT molecular complexity index is 545. The van der Waals surface area contributed by atoms with Crippen molar-refractivity contribution in [3.8, 4) is 0 Å². The summed E-state index contributed by atoms with van der Waals surface area (Å²) in [4.78, 5) is 14.8. The number of carbonyl (C=O) groups excluding carboxylic acids is 1. The average Bonchev–Trinajstić information content (AvgIpc) is 3.11. The van der Waals surface area contributed by atoms with Crippen LogP contribution < -0.4 is 10.6 Å². The van der Waals surface area contributed by atoms with Gasteiger partial charge in [-0.05, 0) is 39.3 Å². The molecular formula is C17H29N5O2. The first-order valence-electron chi connectivity index (χ1n) is 8.93. The molecule has 1 atom stereocenters. The molecule has 0 spiro atoms. The Hall–Kier alpha value is -1.44. The van der Waals surface area contributed by atoms with Gasteiger partial charge in [0.15, 0.2) is 0 Å². The van der Waals surface area contributed by atoms with Crippen LogP contribution in [0.3, 0.4) is 0 Å². The first-order chi connectivity index (χ1) is 11.6. The summed E-state index contributed by atoms with van der Waals surface area (Å²) < 4.78 is 7.33. The fourth-order valence-corrected chi connectivity index (χ4v) is 3.39. The largest absolute Gasteiger partial charge is 0.379 e. The number of nitrogens with zero attached hydrogens (tertiary/aromatic N) is 3. The predicted molar refractivity (Wildman–Crippen MR) is 92.2 cm³/mol. The lowest BCUT2D eigenvalue weighted by atomic mass is 10.0. The highest BCUT2D eigenvalue weighted by molar-refractivity contribution is 5.92. The molecule has 0 saturated carbocycles. The highest BCUT2D eigenvalue weighted by atomic mass is 16.5. The van der Waals surface area contributed by atoms with Gasteiger partial charge in [0.05, 0.1) is 19.3 Å². The summed E-state index contributed by atoms with van der Waals surface area (Å²) in [6.45, 7) is 10.3. The lowest BCUT2D eigenvalue weighted by Crippen LogP contribution is -2.55. The number of rotatable bonds is 5. The van der Waals surface area contributed by atoms with E-state index in [1.54, 1.807) is 0 Å². The van der Waals surface area contributed by atoms with E-state index in [0.717, 1.165) is 52.2 Å². The smallest absolute Gasteiger partial charge is 0.271 e. The lowest BCUT2D eigenvalue weighted by molar-refractivity contribution is -0.00924. The van der Waals surface area contributed by atoms with Crippen LogP contribution in [-0.2, 0) is 4.74 Å². The molecule has 3 heterocycles. The van der Waals surface area contributed by atoms with Crippen molar-refractivity contribution in [2.24, 2.45) is 0 Å². The third kappa shape index (κ3) is 4.15. The van der Waals surface area contributed by atoms with E-state index < -0.39 is 0 Å². The Morgan fingerprint density at radius 1 is 1.46 bits per heavy atom. The summed E-state index contributed by atoms with van der Waals surface area (Å²) in [5.41, 5.74) is 0.410. The maximum atomic E-state index is 12.4. The number of carbonyl (C=O) groups is 1. The quantitative estimate of drug-likeness (QED) is 0.827. The maximum absolute atomic E-state index is 12.4. The molecule has 1 aromatic heterocycles. The molecule has 0 bridgehead atoms. The Morgan fingerprint density at radius 2 is 2.25 bits per heavy atom. The summed E-state index contributed by atoms with van der Waals surface area (Å²) in [6, 6.07) is 2.16. The SMILES string of the molecule is CC(C)(CNC(=O)c1ccn(C2CCCNC2)n1)N1CCOCC1. The molecular weight excluding hydrogens is 306 g/mol. The topological polar surface area (TPSA) is 71.4 Å². The molecule has 7 nitrogen and oxygen atoms in total. The molecule has 0 aliphatic carbocycles. The van der Waals surface area contributed by atoms with E-state index in [0.29, 0.717) is 18.3 Å². The molecule has 2 saturated heterocycles. The lowest BCUT2D eigenvalue weighted by Gasteiger charge is -2.40. The predicted octanol–water partition coefficient (Wildman–Crippen LogP) is 0.648. The number of aromatic nitrogens is 2. The van der Waals surface area contributed by atoms with Crippen LogP contribution >= 0.6 is 0 Å². The molecule has 1 amide bonds. The van der Waals surface area contributed by atoms with E-state index >= 15 is 0 Å². The summed E-state index contributed by atoms with van der Waals surface area (Å²) >= 11 is 0. The monoisotopic (exact) mass is 335 g/mol. The Labute approximate surface area is 143 Å². The van der Waals surface area contributed by atoms with E-state index in [1.807, 2.05) is 16.9 Å². The zero-order valence-electron chi connectivity index (χ0n) is 14.8. The van der Waals surface area contributed by atoms with Crippen LogP contribution in [0.4, 0.5) is 0 Å². The van der Waals surface area contributed by atoms with Gasteiger partial charge >= 0.3 is 0 Å². The van der Waals surface area contributed by atoms with Crippen molar-refractivity contribution in [3.05, 3.63) is 18.0 Å². The third-order valence-electron chi connectivity index (χ3n) is 5.03. The normalized spacial score (nSPS) is 23.2. The second-order valence-electron chi connectivity index (χ2n) is 7.28. The molecule has 0 aromatic carbocycles. The van der Waals surface area contributed by atoms with Crippen LogP contribution in [0.25, 0.3) is 0 Å². The average molecular weight is 335 g/mol. The van der Waals surface area contributed by atoms with E-state index in [4.69, 9.17) is 4.74 Å². The van der Waals surface area contributed by atoms with Crippen molar-refractivity contribution >= 4 is 5.91 Å². The molecule has 1 aromatic rings. The van der Waals surface area contributed by atoms with Gasteiger partial charge in [-0.1, -0.05) is 0 Å². The molecule has 24 heavy (non-hydrogen) atoms. The zero-order valence-corrected chi connectivity index (χ0v) is 14.8. The number of morpholine rings is 1. The molecule has 7 heteroatoms. The van der Waals surface area contributed by atoms with Gasteiger partial charge in [-0.2, -0.15) is 5.10 Å².